The SMILES string of the molecule is NC(=O)NCc1cnco1. The normalized spacial score (nSPS) is 9.20. The number of rotatable bonds is 2. The third-order valence-corrected chi connectivity index (χ3v) is 0.920. The largest absolute Gasteiger partial charge is 0.447 e. The second-order valence-corrected chi connectivity index (χ2v) is 1.69. The summed E-state index contributed by atoms with van der Waals surface area (Å²) in [6, 6.07) is -0.573. The molecule has 2 amide bonds. The Kier molecular flexibility index (Phi) is 1.89. The van der Waals surface area contributed by atoms with Gasteiger partial charge in [-0.05, 0) is 0 Å². The number of carbonyl (C=O) groups excluding carboxylic acids is 1. The third-order valence-electron chi connectivity index (χ3n) is 0.920. The highest BCUT2D eigenvalue weighted by molar-refractivity contribution is 5.71. The van der Waals surface area contributed by atoms with Crippen LogP contribution in [0.5, 0.6) is 0 Å². The monoisotopic (exact) mass is 141 g/mol. The second kappa shape index (κ2) is 2.86. The molecule has 1 heterocycles. The quantitative estimate of drug-likeness (QED) is 0.600. The minimum absolute atomic E-state index is 0.287. The van der Waals surface area contributed by atoms with Crippen molar-refractivity contribution < 1.29 is 9.21 Å². The number of nitrogens with zero attached hydrogens (tertiary/aromatic N) is 1. The Morgan fingerprint density at radius 2 is 2.70 bits per heavy atom. The van der Waals surface area contributed by atoms with Crippen LogP contribution in [0.15, 0.2) is 17.0 Å². The van der Waals surface area contributed by atoms with Crippen LogP contribution in [0, 0.1) is 0 Å². The molecular formula is C5H7N3O2. The summed E-state index contributed by atoms with van der Waals surface area (Å²) in [6.45, 7) is 0.287. The summed E-state index contributed by atoms with van der Waals surface area (Å²) >= 11 is 0. The molecule has 1 aromatic heterocycles. The van der Waals surface area contributed by atoms with Gasteiger partial charge < -0.3 is 15.5 Å². The summed E-state index contributed by atoms with van der Waals surface area (Å²) in [4.78, 5) is 13.8. The van der Waals surface area contributed by atoms with Gasteiger partial charge in [0.1, 0.15) is 5.76 Å². The summed E-state index contributed by atoms with van der Waals surface area (Å²) in [5, 5.41) is 2.35. The molecule has 0 aliphatic heterocycles. The van der Waals surface area contributed by atoms with Gasteiger partial charge in [-0.3, -0.25) is 0 Å². The van der Waals surface area contributed by atoms with E-state index < -0.39 is 6.03 Å². The number of aromatic nitrogens is 1. The maximum absolute atomic E-state index is 10.1. The summed E-state index contributed by atoms with van der Waals surface area (Å²) in [5.41, 5.74) is 4.80. The zero-order chi connectivity index (χ0) is 7.40. The average Bonchev–Trinajstić information content (AvgIpc) is 2.34. The highest BCUT2D eigenvalue weighted by Crippen LogP contribution is 1.93. The molecule has 1 aromatic rings. The molecule has 0 aromatic carbocycles. The van der Waals surface area contributed by atoms with Gasteiger partial charge in [-0.15, -0.1) is 0 Å². The molecule has 10 heavy (non-hydrogen) atoms. The van der Waals surface area contributed by atoms with Crippen LogP contribution in [0.4, 0.5) is 4.79 Å². The van der Waals surface area contributed by atoms with Crippen molar-refractivity contribution in [2.75, 3.05) is 0 Å². The first-order valence-electron chi connectivity index (χ1n) is 2.69. The predicted molar refractivity (Wildman–Crippen MR) is 32.9 cm³/mol. The first kappa shape index (κ1) is 6.60. The van der Waals surface area contributed by atoms with Crippen molar-refractivity contribution in [1.82, 2.24) is 10.3 Å². The van der Waals surface area contributed by atoms with Crippen molar-refractivity contribution in [3.05, 3.63) is 18.4 Å². The van der Waals surface area contributed by atoms with Gasteiger partial charge in [0.2, 0.25) is 0 Å². The molecule has 0 aliphatic carbocycles. The number of oxazole rings is 1. The molecule has 1 rings (SSSR count). The van der Waals surface area contributed by atoms with Gasteiger partial charge in [-0.25, -0.2) is 9.78 Å². The number of primary amides is 1. The Morgan fingerprint density at radius 3 is 3.20 bits per heavy atom. The number of urea groups is 1. The van der Waals surface area contributed by atoms with Crippen molar-refractivity contribution in [3.8, 4) is 0 Å². The minimum atomic E-state index is -0.573. The Hall–Kier alpha value is -1.52. The van der Waals surface area contributed by atoms with E-state index in [2.05, 4.69) is 10.3 Å². The Bertz CT molecular complexity index is 207. The first-order chi connectivity index (χ1) is 4.79. The molecule has 54 valence electrons. The molecule has 5 nitrogen and oxygen atoms in total. The molecule has 0 saturated carbocycles. The van der Waals surface area contributed by atoms with Gasteiger partial charge in [0.25, 0.3) is 0 Å². The van der Waals surface area contributed by atoms with Crippen LogP contribution in [0.3, 0.4) is 0 Å². The molecule has 0 radical (unpaired) electrons. The highest BCUT2D eigenvalue weighted by Gasteiger charge is 1.95. The molecule has 5 heteroatoms. The van der Waals surface area contributed by atoms with Crippen molar-refractivity contribution in [2.45, 2.75) is 6.54 Å². The molecule has 3 N–H and O–H groups in total. The van der Waals surface area contributed by atoms with Crippen LogP contribution in [-0.4, -0.2) is 11.0 Å². The zero-order valence-corrected chi connectivity index (χ0v) is 5.20. The minimum Gasteiger partial charge on any atom is -0.447 e. The topological polar surface area (TPSA) is 81.2 Å². The van der Waals surface area contributed by atoms with Crippen molar-refractivity contribution in [3.63, 3.8) is 0 Å². The maximum Gasteiger partial charge on any atom is 0.312 e. The second-order valence-electron chi connectivity index (χ2n) is 1.69. The fraction of sp³-hybridized carbons (Fsp3) is 0.200. The van der Waals surface area contributed by atoms with E-state index >= 15 is 0 Å². The van der Waals surface area contributed by atoms with E-state index in [-0.39, 0.29) is 6.54 Å². The number of hydrogen-bond acceptors (Lipinski definition) is 3. The lowest BCUT2D eigenvalue weighted by Gasteiger charge is -1.94. The summed E-state index contributed by atoms with van der Waals surface area (Å²) in [5.74, 6) is 0.582. The van der Waals surface area contributed by atoms with E-state index in [1.54, 1.807) is 0 Å². The number of nitrogens with two attached hydrogens (primary N) is 1. The molecule has 0 unspecified atom stereocenters. The molecule has 0 bridgehead atoms. The first-order valence-corrected chi connectivity index (χ1v) is 2.69. The van der Waals surface area contributed by atoms with E-state index in [9.17, 15) is 4.79 Å². The van der Waals surface area contributed by atoms with Crippen LogP contribution < -0.4 is 11.1 Å². The number of nitrogens with one attached hydrogen (secondary N) is 1. The van der Waals surface area contributed by atoms with Gasteiger partial charge in [0.15, 0.2) is 6.39 Å². The van der Waals surface area contributed by atoms with E-state index in [4.69, 9.17) is 10.2 Å². The lowest BCUT2D eigenvalue weighted by Crippen LogP contribution is -2.28. The molecular weight excluding hydrogens is 134 g/mol. The summed E-state index contributed by atoms with van der Waals surface area (Å²) < 4.78 is 4.80. The standard InChI is InChI=1S/C5H7N3O2/c6-5(9)8-2-4-1-7-3-10-4/h1,3H,2H2,(H3,6,8,9). The van der Waals surface area contributed by atoms with E-state index in [0.29, 0.717) is 5.76 Å². The number of amides is 2. The molecule has 0 fully saturated rings. The van der Waals surface area contributed by atoms with Gasteiger partial charge in [-0.2, -0.15) is 0 Å². The van der Waals surface area contributed by atoms with Crippen LogP contribution in [0.2, 0.25) is 0 Å². The van der Waals surface area contributed by atoms with Gasteiger partial charge in [0, 0.05) is 0 Å². The van der Waals surface area contributed by atoms with Gasteiger partial charge in [-0.1, -0.05) is 0 Å². The molecule has 0 spiro atoms. The summed E-state index contributed by atoms with van der Waals surface area (Å²) in [7, 11) is 0. The third kappa shape index (κ3) is 1.77. The van der Waals surface area contributed by atoms with E-state index in [1.165, 1.54) is 12.6 Å². The maximum atomic E-state index is 10.1. The predicted octanol–water partition coefficient (Wildman–Crippen LogP) is -0.157. The fourth-order valence-electron chi connectivity index (χ4n) is 0.504. The smallest absolute Gasteiger partial charge is 0.312 e. The van der Waals surface area contributed by atoms with Crippen molar-refractivity contribution >= 4 is 6.03 Å². The number of carbonyl (C=O) groups is 1. The zero-order valence-electron chi connectivity index (χ0n) is 5.20. The van der Waals surface area contributed by atoms with Crippen LogP contribution in [-0.2, 0) is 6.54 Å². The molecule has 0 saturated heterocycles. The highest BCUT2D eigenvalue weighted by atomic mass is 16.3. The van der Waals surface area contributed by atoms with Gasteiger partial charge >= 0.3 is 6.03 Å². The fourth-order valence-corrected chi connectivity index (χ4v) is 0.504. The Labute approximate surface area is 57.2 Å². The Balaban J connectivity index is 2.35. The summed E-state index contributed by atoms with van der Waals surface area (Å²) in [6.07, 6.45) is 2.80. The van der Waals surface area contributed by atoms with E-state index in [0.717, 1.165) is 0 Å². The van der Waals surface area contributed by atoms with Crippen LogP contribution >= 0.6 is 0 Å². The molecule has 0 atom stereocenters. The average molecular weight is 141 g/mol. The lowest BCUT2D eigenvalue weighted by atomic mass is 10.5. The Morgan fingerprint density at radius 1 is 1.90 bits per heavy atom. The number of hydrogen-bond donors (Lipinski definition) is 2. The van der Waals surface area contributed by atoms with E-state index in [1.807, 2.05) is 0 Å². The van der Waals surface area contributed by atoms with Crippen LogP contribution in [0.25, 0.3) is 0 Å². The van der Waals surface area contributed by atoms with Crippen LogP contribution in [0.1, 0.15) is 5.76 Å². The van der Waals surface area contributed by atoms with Crippen molar-refractivity contribution in [2.24, 2.45) is 5.73 Å². The molecule has 0 aliphatic rings. The lowest BCUT2D eigenvalue weighted by molar-refractivity contribution is 0.247. The van der Waals surface area contributed by atoms with Crippen molar-refractivity contribution in [1.29, 1.82) is 0 Å². The van der Waals surface area contributed by atoms with Gasteiger partial charge in [0.05, 0.1) is 12.7 Å².